The average molecular weight is 1570 g/mol. The summed E-state index contributed by atoms with van der Waals surface area (Å²) in [5.41, 5.74) is 0. The van der Waals surface area contributed by atoms with E-state index < -0.39 is 91.5 Å². The minimum atomic E-state index is -4.94. The molecule has 0 aliphatic heterocycles. The first kappa shape index (κ1) is 104. The summed E-state index contributed by atoms with van der Waals surface area (Å²) in [5, 5.41) is 20.7. The van der Waals surface area contributed by atoms with E-state index in [0.29, 0.717) is 19.3 Å². The van der Waals surface area contributed by atoms with E-state index in [4.69, 9.17) is 32.3 Å². The highest BCUT2D eigenvalue weighted by atomic mass is 31.2. The molecule has 5 unspecified atom stereocenters. The van der Waals surface area contributed by atoms with Crippen molar-refractivity contribution in [1.82, 2.24) is 0 Å². The van der Waals surface area contributed by atoms with Crippen molar-refractivity contribution in [2.45, 2.75) is 373 Å². The number of unbranched alkanes of at least 4 members (excludes halogenated alkanes) is 34. The van der Waals surface area contributed by atoms with E-state index >= 15 is 0 Å². The maximum Gasteiger partial charge on any atom is 0.472 e. The topological polar surface area (TPSA) is 231 Å². The molecule has 0 bridgehead atoms. The molecule has 5 atom stereocenters. The third-order valence-corrected chi connectivity index (χ3v) is 19.9. The molecule has 0 fully saturated rings. The fourth-order valence-electron chi connectivity index (χ4n) is 11.5. The van der Waals surface area contributed by atoms with Crippen LogP contribution in [0.3, 0.4) is 0 Å². The minimum Gasteiger partial charge on any atom is -0.463 e. The molecule has 0 amide bonds. The molecule has 0 heterocycles. The van der Waals surface area contributed by atoms with Gasteiger partial charge in [0.15, 0.2) is 6.10 Å². The van der Waals surface area contributed by atoms with Crippen LogP contribution in [0.4, 0.5) is 0 Å². The van der Waals surface area contributed by atoms with Crippen LogP contribution < -0.4 is 0 Å². The predicted molar refractivity (Wildman–Crippen MR) is 454 cm³/mol. The molecule has 0 aliphatic rings. The molecule has 0 aliphatic carbocycles. The van der Waals surface area contributed by atoms with Crippen LogP contribution >= 0.6 is 15.6 Å². The molecule has 0 saturated heterocycles. The van der Waals surface area contributed by atoms with Crippen molar-refractivity contribution in [3.63, 3.8) is 0 Å². The second-order valence-electron chi connectivity index (χ2n) is 28.6. The van der Waals surface area contributed by atoms with Crippen LogP contribution in [0.25, 0.3) is 0 Å². The lowest BCUT2D eigenvalue weighted by Gasteiger charge is -2.21. The smallest absolute Gasteiger partial charge is 0.463 e. The monoisotopic (exact) mass is 1570 g/mol. The van der Waals surface area contributed by atoms with Gasteiger partial charge < -0.3 is 34.2 Å². The van der Waals surface area contributed by atoms with Crippen molar-refractivity contribution >= 4 is 33.6 Å². The number of hydrogen-bond donors (Lipinski definition) is 4. The first-order valence-electron chi connectivity index (χ1n) is 43.1. The average Bonchev–Trinajstić information content (AvgIpc) is 0.916. The van der Waals surface area contributed by atoms with Gasteiger partial charge in [-0.3, -0.25) is 32.5 Å². The van der Waals surface area contributed by atoms with E-state index in [1.165, 1.54) is 128 Å². The first-order chi connectivity index (χ1) is 53.2. The Labute approximate surface area is 664 Å². The lowest BCUT2D eigenvalue weighted by molar-refractivity contribution is -0.161. The van der Waals surface area contributed by atoms with Crippen molar-refractivity contribution in [3.8, 4) is 0 Å². The van der Waals surface area contributed by atoms with Gasteiger partial charge in [-0.25, -0.2) is 9.13 Å². The summed E-state index contributed by atoms with van der Waals surface area (Å²) in [5.74, 6) is -1.60. The molecule has 16 nitrogen and oxygen atoms in total. The molecule has 0 aromatic carbocycles. The quantitative estimate of drug-likeness (QED) is 0.0146. The third kappa shape index (κ3) is 84.2. The number of phosphoric ester groups is 2. The molecule has 0 rings (SSSR count). The second kappa shape index (κ2) is 82.9. The Morgan fingerprint density at radius 1 is 0.266 bits per heavy atom. The fraction of sp³-hybridized carbons (Fsp3) is 0.703. The highest BCUT2D eigenvalue weighted by molar-refractivity contribution is 7.47. The second-order valence-corrected chi connectivity index (χ2v) is 31.5. The molecule has 0 aromatic heterocycles. The van der Waals surface area contributed by atoms with E-state index in [1.54, 1.807) is 0 Å². The van der Waals surface area contributed by atoms with E-state index in [1.807, 2.05) is 0 Å². The van der Waals surface area contributed by atoms with Gasteiger partial charge in [-0.2, -0.15) is 0 Å². The zero-order valence-electron chi connectivity index (χ0n) is 68.7. The maximum absolute atomic E-state index is 13.0. The van der Waals surface area contributed by atoms with E-state index in [0.717, 1.165) is 167 Å². The van der Waals surface area contributed by atoms with Crippen LogP contribution in [0.1, 0.15) is 355 Å². The Hall–Kier alpha value is -4.57. The van der Waals surface area contributed by atoms with Crippen molar-refractivity contribution in [2.75, 3.05) is 39.6 Å². The van der Waals surface area contributed by atoms with Crippen LogP contribution in [-0.4, -0.2) is 95.9 Å². The molecule has 0 aromatic rings. The van der Waals surface area contributed by atoms with Gasteiger partial charge in [0.25, 0.3) is 0 Å². The fourth-order valence-corrected chi connectivity index (χ4v) is 13.1. The number of allylic oxidation sites excluding steroid dienone is 24. The van der Waals surface area contributed by atoms with Crippen LogP contribution in [0, 0.1) is 0 Å². The molecule has 626 valence electrons. The van der Waals surface area contributed by atoms with Gasteiger partial charge in [0.1, 0.15) is 25.4 Å². The zero-order chi connectivity index (χ0) is 79.4. The molecule has 109 heavy (non-hydrogen) atoms. The van der Waals surface area contributed by atoms with Crippen molar-refractivity contribution < 1.29 is 75.8 Å². The van der Waals surface area contributed by atoms with Gasteiger partial charge in [-0.15, -0.1) is 0 Å². The number of hydrogen-bond acceptors (Lipinski definition) is 14. The number of ether oxygens (including phenoxy) is 3. The van der Waals surface area contributed by atoms with E-state index in [9.17, 15) is 43.5 Å². The standard InChI is InChI=1S/C91H156O16P2/c1-4-7-10-13-16-19-22-25-28-30-32-34-36-37-38-39-40-41-42-43-44-45-46-47-49-51-52-54-57-59-62-65-68-71-74-77-89(94)101-80-86(92)81-103-108(97,98)104-82-87(93)83-105-109(99,100)106-85-88(107-91(96)79-76-73-70-67-64-61-56-27-24-21-18-15-12-9-6-3)84-102-90(95)78-75-72-69-66-63-60-58-55-53-50-48-35-33-31-29-26-23-20-17-14-11-8-5-2/h8-9,11-12,16-21,25-29,32-35,37-38,50,53,56,86-88,92-93H,4-7,10,13-15,22-24,30-31,36,39-49,51-52,54-55,57-85H2,1-3H3,(H,97,98)(H,99,100)/b11-8-,12-9-,19-16-,20-17-,21-18-,28-25-,29-26-,34-32-,35-33-,38-37-,53-50-,56-27-. The Morgan fingerprint density at radius 2 is 0.486 bits per heavy atom. The third-order valence-electron chi connectivity index (χ3n) is 18.0. The predicted octanol–water partition coefficient (Wildman–Crippen LogP) is 26.0. The van der Waals surface area contributed by atoms with Crippen LogP contribution in [0.2, 0.25) is 0 Å². The van der Waals surface area contributed by atoms with E-state index in [-0.39, 0.29) is 19.3 Å². The summed E-state index contributed by atoms with van der Waals surface area (Å²) in [7, 11) is -9.81. The van der Waals surface area contributed by atoms with E-state index in [2.05, 4.69) is 167 Å². The Morgan fingerprint density at radius 3 is 0.771 bits per heavy atom. The first-order valence-corrected chi connectivity index (χ1v) is 46.1. The summed E-state index contributed by atoms with van der Waals surface area (Å²) < 4.78 is 61.2. The van der Waals surface area contributed by atoms with Crippen molar-refractivity contribution in [2.24, 2.45) is 0 Å². The molecular weight excluding hydrogens is 1410 g/mol. The summed E-state index contributed by atoms with van der Waals surface area (Å²) in [6, 6.07) is 0. The normalized spacial score (nSPS) is 14.6. The van der Waals surface area contributed by atoms with Gasteiger partial charge in [-0.05, 0) is 141 Å². The van der Waals surface area contributed by atoms with Gasteiger partial charge >= 0.3 is 33.6 Å². The van der Waals surface area contributed by atoms with Crippen molar-refractivity contribution in [3.05, 3.63) is 146 Å². The van der Waals surface area contributed by atoms with Gasteiger partial charge in [0, 0.05) is 19.3 Å². The molecule has 0 radical (unpaired) electrons. The molecule has 0 spiro atoms. The maximum atomic E-state index is 13.0. The Kier molecular flexibility index (Phi) is 79.4. The van der Waals surface area contributed by atoms with Crippen LogP contribution in [0.15, 0.2) is 146 Å². The summed E-state index contributed by atoms with van der Waals surface area (Å²) >= 11 is 0. The number of phosphoric acid groups is 2. The Bertz CT molecular complexity index is 2560. The molecular formula is C91H156O16P2. The highest BCUT2D eigenvalue weighted by Crippen LogP contribution is 2.45. The lowest BCUT2D eigenvalue weighted by atomic mass is 10.0. The molecule has 18 heteroatoms. The number of aliphatic hydroxyl groups is 2. The highest BCUT2D eigenvalue weighted by Gasteiger charge is 2.29. The summed E-state index contributed by atoms with van der Waals surface area (Å²) in [4.78, 5) is 58.8. The lowest BCUT2D eigenvalue weighted by Crippen LogP contribution is -2.30. The summed E-state index contributed by atoms with van der Waals surface area (Å²) in [6.45, 7) is 2.42. The number of carbonyl (C=O) groups excluding carboxylic acids is 3. The van der Waals surface area contributed by atoms with Crippen LogP contribution in [0.5, 0.6) is 0 Å². The number of rotatable bonds is 81. The number of aliphatic hydroxyl groups excluding tert-OH is 2. The molecule has 4 N–H and O–H groups in total. The van der Waals surface area contributed by atoms with Gasteiger partial charge in [0.2, 0.25) is 0 Å². The number of carbonyl (C=O) groups is 3. The van der Waals surface area contributed by atoms with Gasteiger partial charge in [-0.1, -0.05) is 340 Å². The Balaban J connectivity index is 4.43. The van der Waals surface area contributed by atoms with Crippen molar-refractivity contribution in [1.29, 1.82) is 0 Å². The SMILES string of the molecule is CC/C=C\C/C=C\C/C=C\C/C=C\C/C=C\CCCCCCCCCC(=O)OCC(COP(=O)(O)OCC(O)COP(=O)(O)OCC(O)COC(=O)CCCCCCCCCCCCCCCCCCCCC/C=C\C/C=C\C/C=C\C/C=C\CCCCC)OC(=O)CCCCCCC/C=C\C/C=C\C/C=C\CC. The zero-order valence-corrected chi connectivity index (χ0v) is 70.5. The van der Waals surface area contributed by atoms with Crippen LogP contribution in [-0.2, 0) is 55.8 Å². The number of esters is 3. The largest absolute Gasteiger partial charge is 0.472 e. The van der Waals surface area contributed by atoms with Gasteiger partial charge in [0.05, 0.1) is 26.4 Å². The minimum absolute atomic E-state index is 0.0791. The summed E-state index contributed by atoms with van der Waals surface area (Å²) in [6.07, 6.45) is 103. The molecule has 0 saturated carbocycles.